The van der Waals surface area contributed by atoms with Crippen molar-refractivity contribution in [2.45, 2.75) is 65.0 Å². The molecule has 0 unspecified atom stereocenters. The van der Waals surface area contributed by atoms with Gasteiger partial charge in [0.15, 0.2) is 5.96 Å². The first-order valence-corrected chi connectivity index (χ1v) is 9.34. The summed E-state index contributed by atoms with van der Waals surface area (Å²) >= 11 is 0. The fourth-order valence-electron chi connectivity index (χ4n) is 2.41. The fraction of sp³-hybridized carbons (Fsp3) is 0.833. The molecule has 0 bridgehead atoms. The fourth-order valence-corrected chi connectivity index (χ4v) is 2.41. The molecule has 1 aliphatic heterocycles. The molecule has 1 heterocycles. The highest BCUT2D eigenvalue weighted by Crippen LogP contribution is 2.15. The Morgan fingerprint density at radius 3 is 2.46 bits per heavy atom. The molecule has 0 radical (unpaired) electrons. The van der Waals surface area contributed by atoms with E-state index >= 15 is 0 Å². The molecule has 1 aliphatic rings. The highest BCUT2D eigenvalue weighted by Gasteiger charge is 2.34. The molecule has 150 valence electrons. The third kappa shape index (κ3) is 8.92. The largest absolute Gasteiger partial charge is 0.469 e. The summed E-state index contributed by atoms with van der Waals surface area (Å²) in [5.41, 5.74) is -0.472. The summed E-state index contributed by atoms with van der Waals surface area (Å²) in [5, 5.41) is 6.55. The van der Waals surface area contributed by atoms with E-state index in [4.69, 9.17) is 4.74 Å². The number of hydrogen-bond acceptors (Lipinski definition) is 5. The number of ether oxygens (including phenoxy) is 2. The molecular weight excluding hydrogens is 336 g/mol. The summed E-state index contributed by atoms with van der Waals surface area (Å²) in [7, 11) is 1.41. The molecule has 1 amide bonds. The van der Waals surface area contributed by atoms with Crippen molar-refractivity contribution in [3.63, 3.8) is 0 Å². The van der Waals surface area contributed by atoms with Crippen molar-refractivity contribution < 1.29 is 19.1 Å². The van der Waals surface area contributed by atoms with E-state index in [-0.39, 0.29) is 18.1 Å². The molecule has 0 saturated carbocycles. The van der Waals surface area contributed by atoms with Gasteiger partial charge >= 0.3 is 12.1 Å². The normalized spacial score (nSPS) is 15.3. The summed E-state index contributed by atoms with van der Waals surface area (Å²) in [6.45, 7) is 10.3. The predicted octanol–water partition coefficient (Wildman–Crippen LogP) is 1.89. The van der Waals surface area contributed by atoms with Crippen LogP contribution in [0.25, 0.3) is 0 Å². The lowest BCUT2D eigenvalue weighted by atomic mass is 10.1. The molecule has 1 fully saturated rings. The Labute approximate surface area is 156 Å². The van der Waals surface area contributed by atoms with Gasteiger partial charge in [0.1, 0.15) is 5.60 Å². The number of carbonyl (C=O) groups excluding carboxylic acids is 2. The molecule has 0 aromatic heterocycles. The average Bonchev–Trinajstić information content (AvgIpc) is 2.51. The van der Waals surface area contributed by atoms with Crippen LogP contribution in [0.4, 0.5) is 4.79 Å². The molecular formula is C18H34N4O4. The first kappa shape index (κ1) is 22.1. The van der Waals surface area contributed by atoms with Crippen LogP contribution >= 0.6 is 0 Å². The second-order valence-corrected chi connectivity index (χ2v) is 7.37. The predicted molar refractivity (Wildman–Crippen MR) is 101 cm³/mol. The van der Waals surface area contributed by atoms with Gasteiger partial charge in [-0.2, -0.15) is 0 Å². The molecule has 0 aromatic rings. The first-order chi connectivity index (χ1) is 12.2. The van der Waals surface area contributed by atoms with Gasteiger partial charge in [0.05, 0.1) is 13.2 Å². The monoisotopic (exact) mass is 370 g/mol. The number of likely N-dealkylation sites (tertiary alicyclic amines) is 1. The van der Waals surface area contributed by atoms with Crippen LogP contribution < -0.4 is 10.6 Å². The maximum atomic E-state index is 11.9. The van der Waals surface area contributed by atoms with E-state index < -0.39 is 5.60 Å². The van der Waals surface area contributed by atoms with E-state index in [0.29, 0.717) is 26.1 Å². The van der Waals surface area contributed by atoms with Gasteiger partial charge in [-0.15, -0.1) is 0 Å². The number of esters is 1. The maximum absolute atomic E-state index is 11.9. The summed E-state index contributed by atoms with van der Waals surface area (Å²) < 4.78 is 9.97. The minimum absolute atomic E-state index is 0.164. The number of guanidine groups is 1. The lowest BCUT2D eigenvalue weighted by molar-refractivity contribution is -0.140. The molecule has 8 nitrogen and oxygen atoms in total. The molecule has 26 heavy (non-hydrogen) atoms. The van der Waals surface area contributed by atoms with Crippen LogP contribution in [0, 0.1) is 0 Å². The van der Waals surface area contributed by atoms with E-state index in [2.05, 4.69) is 20.4 Å². The number of aliphatic imine (C=N–C) groups is 1. The van der Waals surface area contributed by atoms with Crippen molar-refractivity contribution in [3.05, 3.63) is 0 Å². The molecule has 8 heteroatoms. The van der Waals surface area contributed by atoms with E-state index in [1.165, 1.54) is 7.11 Å². The van der Waals surface area contributed by atoms with Gasteiger partial charge in [-0.25, -0.2) is 4.79 Å². The summed E-state index contributed by atoms with van der Waals surface area (Å²) in [4.78, 5) is 29.2. The zero-order valence-electron chi connectivity index (χ0n) is 16.8. The van der Waals surface area contributed by atoms with E-state index in [9.17, 15) is 9.59 Å². The summed E-state index contributed by atoms with van der Waals surface area (Å²) in [6, 6.07) is 0.180. The van der Waals surface area contributed by atoms with Crippen molar-refractivity contribution in [1.82, 2.24) is 15.5 Å². The Balaban J connectivity index is 2.27. The summed E-state index contributed by atoms with van der Waals surface area (Å²) in [6.07, 6.45) is 2.86. The van der Waals surface area contributed by atoms with Gasteiger partial charge in [-0.3, -0.25) is 9.79 Å². The number of rotatable bonds is 8. The minimum Gasteiger partial charge on any atom is -0.469 e. The average molecular weight is 370 g/mol. The van der Waals surface area contributed by atoms with Crippen LogP contribution in [-0.2, 0) is 14.3 Å². The number of methoxy groups -OCH3 is 1. The lowest BCUT2D eigenvalue weighted by Crippen LogP contribution is -2.63. The number of carbonyl (C=O) groups is 2. The van der Waals surface area contributed by atoms with Crippen LogP contribution in [0.3, 0.4) is 0 Å². The second-order valence-electron chi connectivity index (χ2n) is 7.37. The Bertz CT molecular complexity index is 482. The number of hydrogen-bond donors (Lipinski definition) is 2. The van der Waals surface area contributed by atoms with Crippen molar-refractivity contribution in [3.8, 4) is 0 Å². The quantitative estimate of drug-likeness (QED) is 0.293. The highest BCUT2D eigenvalue weighted by atomic mass is 16.6. The number of nitrogens with one attached hydrogen (secondary N) is 2. The smallest absolute Gasteiger partial charge is 0.410 e. The van der Waals surface area contributed by atoms with Crippen LogP contribution in [0.5, 0.6) is 0 Å². The molecule has 0 spiro atoms. The van der Waals surface area contributed by atoms with Crippen molar-refractivity contribution in [2.75, 3.05) is 33.3 Å². The van der Waals surface area contributed by atoms with Gasteiger partial charge in [-0.1, -0.05) is 6.42 Å². The number of nitrogens with zero attached hydrogens (tertiary/aromatic N) is 2. The Hall–Kier alpha value is -1.99. The summed E-state index contributed by atoms with van der Waals surface area (Å²) in [5.74, 6) is 0.595. The molecule has 1 saturated heterocycles. The number of amides is 1. The van der Waals surface area contributed by atoms with Crippen molar-refractivity contribution in [2.24, 2.45) is 4.99 Å². The molecule has 0 atom stereocenters. The van der Waals surface area contributed by atoms with Gasteiger partial charge < -0.3 is 25.0 Å². The third-order valence-corrected chi connectivity index (χ3v) is 3.75. The van der Waals surface area contributed by atoms with Crippen LogP contribution in [0.2, 0.25) is 0 Å². The van der Waals surface area contributed by atoms with Crippen molar-refractivity contribution >= 4 is 18.0 Å². The Morgan fingerprint density at radius 1 is 1.19 bits per heavy atom. The van der Waals surface area contributed by atoms with E-state index in [0.717, 1.165) is 31.8 Å². The lowest BCUT2D eigenvalue weighted by Gasteiger charge is -2.40. The van der Waals surface area contributed by atoms with Crippen LogP contribution in [0.1, 0.15) is 53.4 Å². The zero-order valence-corrected chi connectivity index (χ0v) is 16.8. The third-order valence-electron chi connectivity index (χ3n) is 3.75. The van der Waals surface area contributed by atoms with Crippen LogP contribution in [0.15, 0.2) is 4.99 Å². The topological polar surface area (TPSA) is 92.3 Å². The van der Waals surface area contributed by atoms with Crippen molar-refractivity contribution in [1.29, 1.82) is 0 Å². The standard InChI is InChI=1S/C18H34N4O4/c1-6-19-16(20-11-9-7-8-10-15(23)25-5)21-14-12-22(13-14)17(24)26-18(2,3)4/h14H,6-13H2,1-5H3,(H2,19,20,21). The van der Waals surface area contributed by atoms with Gasteiger partial charge in [0.25, 0.3) is 0 Å². The SMILES string of the molecule is CCNC(=NCCCCCC(=O)OC)NC1CN(C(=O)OC(C)(C)C)C1. The first-order valence-electron chi connectivity index (χ1n) is 9.34. The Morgan fingerprint density at radius 2 is 1.88 bits per heavy atom. The van der Waals surface area contributed by atoms with Crippen LogP contribution in [-0.4, -0.2) is 67.9 Å². The second kappa shape index (κ2) is 10.9. The highest BCUT2D eigenvalue weighted by molar-refractivity contribution is 5.80. The number of unbranched alkanes of at least 4 members (excludes halogenated alkanes) is 2. The molecule has 2 N–H and O–H groups in total. The molecule has 0 aliphatic carbocycles. The molecule has 1 rings (SSSR count). The Kier molecular flexibility index (Phi) is 9.23. The van der Waals surface area contributed by atoms with Gasteiger partial charge in [0.2, 0.25) is 0 Å². The van der Waals surface area contributed by atoms with Gasteiger partial charge in [-0.05, 0) is 40.5 Å². The van der Waals surface area contributed by atoms with Gasteiger partial charge in [0, 0.05) is 32.6 Å². The zero-order chi connectivity index (χ0) is 19.6. The maximum Gasteiger partial charge on any atom is 0.410 e. The van der Waals surface area contributed by atoms with E-state index in [1.807, 2.05) is 27.7 Å². The van der Waals surface area contributed by atoms with E-state index in [1.54, 1.807) is 4.90 Å². The minimum atomic E-state index is -0.472. The molecule has 0 aromatic carbocycles.